The number of nitrogens with zero attached hydrogens (tertiary/aromatic N) is 2. The van der Waals surface area contributed by atoms with E-state index in [-0.39, 0.29) is 11.0 Å². The standard InChI is InChI=1S/C16H26N4/c1-3-13-18-14(20-19-13)15(2,17)16-7-10-4-11(8-16)6-12(5-10)9-16/h10-12H,3-9,17H2,1-2H3,(H,18,19,20). The van der Waals surface area contributed by atoms with Gasteiger partial charge in [-0.05, 0) is 68.6 Å². The molecule has 3 N–H and O–H groups in total. The molecule has 0 aliphatic heterocycles. The number of hydrogen-bond donors (Lipinski definition) is 2. The number of aromatic nitrogens is 3. The van der Waals surface area contributed by atoms with Gasteiger partial charge in [0.1, 0.15) is 5.82 Å². The first-order chi connectivity index (χ1) is 9.52. The number of aromatic amines is 1. The quantitative estimate of drug-likeness (QED) is 0.890. The van der Waals surface area contributed by atoms with Gasteiger partial charge in [0.25, 0.3) is 0 Å². The Morgan fingerprint density at radius 1 is 1.20 bits per heavy atom. The van der Waals surface area contributed by atoms with Crippen molar-refractivity contribution in [3.05, 3.63) is 11.6 Å². The minimum absolute atomic E-state index is 0.245. The molecule has 0 amide bonds. The largest absolute Gasteiger partial charge is 0.318 e. The zero-order chi connectivity index (χ0) is 14.0. The van der Waals surface area contributed by atoms with Crippen LogP contribution in [0.5, 0.6) is 0 Å². The van der Waals surface area contributed by atoms with E-state index >= 15 is 0 Å². The Labute approximate surface area is 120 Å². The molecule has 0 aromatic carbocycles. The van der Waals surface area contributed by atoms with E-state index in [9.17, 15) is 0 Å². The van der Waals surface area contributed by atoms with Gasteiger partial charge in [0.2, 0.25) is 0 Å². The third kappa shape index (κ3) is 1.63. The minimum atomic E-state index is -0.382. The number of rotatable bonds is 3. The summed E-state index contributed by atoms with van der Waals surface area (Å²) in [4.78, 5) is 4.67. The van der Waals surface area contributed by atoms with Gasteiger partial charge in [-0.1, -0.05) is 6.92 Å². The summed E-state index contributed by atoms with van der Waals surface area (Å²) in [5, 5.41) is 7.51. The van der Waals surface area contributed by atoms with E-state index in [1.165, 1.54) is 38.5 Å². The van der Waals surface area contributed by atoms with Gasteiger partial charge >= 0.3 is 0 Å². The lowest BCUT2D eigenvalue weighted by atomic mass is 9.45. The van der Waals surface area contributed by atoms with Crippen LogP contribution in [0.2, 0.25) is 0 Å². The van der Waals surface area contributed by atoms with Crippen molar-refractivity contribution in [1.29, 1.82) is 0 Å². The number of aryl methyl sites for hydroxylation is 1. The van der Waals surface area contributed by atoms with Crippen molar-refractivity contribution in [2.24, 2.45) is 28.9 Å². The lowest BCUT2D eigenvalue weighted by molar-refractivity contribution is -0.0974. The van der Waals surface area contributed by atoms with Crippen LogP contribution in [-0.2, 0) is 12.0 Å². The summed E-state index contributed by atoms with van der Waals surface area (Å²) >= 11 is 0. The molecule has 1 aromatic rings. The maximum Gasteiger partial charge on any atom is 0.170 e. The molecule has 20 heavy (non-hydrogen) atoms. The zero-order valence-corrected chi connectivity index (χ0v) is 12.7. The van der Waals surface area contributed by atoms with E-state index in [1.54, 1.807) is 0 Å². The summed E-state index contributed by atoms with van der Waals surface area (Å²) in [7, 11) is 0. The first-order valence-corrected chi connectivity index (χ1v) is 8.23. The van der Waals surface area contributed by atoms with Gasteiger partial charge in [-0.3, -0.25) is 5.10 Å². The van der Waals surface area contributed by atoms with Gasteiger partial charge in [-0.2, -0.15) is 5.10 Å². The summed E-state index contributed by atoms with van der Waals surface area (Å²) in [6, 6.07) is 0. The minimum Gasteiger partial charge on any atom is -0.318 e. The second-order valence-electron chi connectivity index (χ2n) is 7.86. The number of nitrogens with two attached hydrogens (primary N) is 1. The average Bonchev–Trinajstić information content (AvgIpc) is 2.86. The van der Waals surface area contributed by atoms with E-state index in [2.05, 4.69) is 29.0 Å². The maximum absolute atomic E-state index is 6.86. The molecule has 4 fully saturated rings. The van der Waals surface area contributed by atoms with Gasteiger partial charge in [-0.15, -0.1) is 0 Å². The molecular formula is C16H26N4. The molecule has 5 rings (SSSR count). The Morgan fingerprint density at radius 3 is 2.20 bits per heavy atom. The first-order valence-electron chi connectivity index (χ1n) is 8.23. The highest BCUT2D eigenvalue weighted by atomic mass is 15.2. The fourth-order valence-corrected chi connectivity index (χ4v) is 5.67. The van der Waals surface area contributed by atoms with Crippen LogP contribution < -0.4 is 5.73 Å². The molecule has 4 heteroatoms. The monoisotopic (exact) mass is 274 g/mol. The van der Waals surface area contributed by atoms with Crippen molar-refractivity contribution in [1.82, 2.24) is 15.2 Å². The Balaban J connectivity index is 1.71. The van der Waals surface area contributed by atoms with E-state index < -0.39 is 0 Å². The van der Waals surface area contributed by atoms with Gasteiger partial charge in [-0.25, -0.2) is 4.98 Å². The third-order valence-corrected chi connectivity index (χ3v) is 6.47. The molecule has 0 spiro atoms. The maximum atomic E-state index is 6.86. The van der Waals surface area contributed by atoms with Crippen molar-refractivity contribution < 1.29 is 0 Å². The molecule has 0 radical (unpaired) electrons. The topological polar surface area (TPSA) is 67.6 Å². The molecule has 4 bridgehead atoms. The fourth-order valence-electron chi connectivity index (χ4n) is 5.67. The number of hydrogen-bond acceptors (Lipinski definition) is 3. The molecular weight excluding hydrogens is 248 g/mol. The van der Waals surface area contributed by atoms with E-state index in [4.69, 9.17) is 5.73 Å². The van der Waals surface area contributed by atoms with Crippen molar-refractivity contribution in [2.45, 2.75) is 64.3 Å². The third-order valence-electron chi connectivity index (χ3n) is 6.47. The summed E-state index contributed by atoms with van der Waals surface area (Å²) in [5.41, 5.74) is 6.72. The van der Waals surface area contributed by atoms with Crippen LogP contribution in [-0.4, -0.2) is 15.2 Å². The van der Waals surface area contributed by atoms with Crippen LogP contribution in [0.4, 0.5) is 0 Å². The molecule has 4 saturated carbocycles. The van der Waals surface area contributed by atoms with Crippen LogP contribution in [0.3, 0.4) is 0 Å². The van der Waals surface area contributed by atoms with Gasteiger partial charge in [0.05, 0.1) is 5.54 Å². The van der Waals surface area contributed by atoms with Gasteiger partial charge in [0, 0.05) is 6.42 Å². The average molecular weight is 274 g/mol. The molecule has 110 valence electrons. The molecule has 1 unspecified atom stereocenters. The Morgan fingerprint density at radius 2 is 1.75 bits per heavy atom. The predicted molar refractivity (Wildman–Crippen MR) is 77.9 cm³/mol. The highest BCUT2D eigenvalue weighted by Gasteiger charge is 2.59. The molecule has 1 aromatic heterocycles. The Kier molecular flexibility index (Phi) is 2.60. The summed E-state index contributed by atoms with van der Waals surface area (Å²) in [6.45, 7) is 4.28. The van der Waals surface area contributed by atoms with E-state index in [0.717, 1.165) is 35.8 Å². The zero-order valence-electron chi connectivity index (χ0n) is 12.7. The van der Waals surface area contributed by atoms with Crippen LogP contribution in [0, 0.1) is 23.2 Å². The SMILES string of the molecule is CCc1nc(C(C)(N)C23CC4CC(CC(C4)C2)C3)n[nH]1. The summed E-state index contributed by atoms with van der Waals surface area (Å²) in [6.07, 6.45) is 9.12. The molecule has 4 aliphatic carbocycles. The molecule has 4 aliphatic rings. The van der Waals surface area contributed by atoms with Crippen LogP contribution in [0.15, 0.2) is 0 Å². The van der Waals surface area contributed by atoms with Crippen molar-refractivity contribution in [2.75, 3.05) is 0 Å². The predicted octanol–water partition coefficient (Wildman–Crippen LogP) is 2.76. The molecule has 1 heterocycles. The lowest BCUT2D eigenvalue weighted by Crippen LogP contribution is -2.59. The highest BCUT2D eigenvalue weighted by Crippen LogP contribution is 2.64. The first kappa shape index (κ1) is 12.8. The van der Waals surface area contributed by atoms with Gasteiger partial charge < -0.3 is 5.73 Å². The Hall–Kier alpha value is -0.900. The molecule has 4 nitrogen and oxygen atoms in total. The van der Waals surface area contributed by atoms with E-state index in [0.29, 0.717) is 0 Å². The molecule has 0 saturated heterocycles. The number of nitrogens with one attached hydrogen (secondary N) is 1. The van der Waals surface area contributed by atoms with Gasteiger partial charge in [0.15, 0.2) is 5.82 Å². The van der Waals surface area contributed by atoms with Crippen LogP contribution in [0.25, 0.3) is 0 Å². The number of H-pyrrole nitrogens is 1. The van der Waals surface area contributed by atoms with Crippen LogP contribution in [0.1, 0.15) is 64.0 Å². The Bertz CT molecular complexity index is 481. The second kappa shape index (κ2) is 4.06. The lowest BCUT2D eigenvalue weighted by Gasteiger charge is -2.61. The van der Waals surface area contributed by atoms with Crippen LogP contribution >= 0.6 is 0 Å². The molecule has 1 atom stereocenters. The van der Waals surface area contributed by atoms with Crippen molar-refractivity contribution in [3.63, 3.8) is 0 Å². The second-order valence-corrected chi connectivity index (χ2v) is 7.86. The summed E-state index contributed by atoms with van der Waals surface area (Å²) in [5.74, 6) is 4.54. The van der Waals surface area contributed by atoms with Crippen molar-refractivity contribution in [3.8, 4) is 0 Å². The fraction of sp³-hybridized carbons (Fsp3) is 0.875. The smallest absolute Gasteiger partial charge is 0.170 e. The van der Waals surface area contributed by atoms with E-state index in [1.807, 2.05) is 0 Å². The normalized spacial score (nSPS) is 41.9. The van der Waals surface area contributed by atoms with Crippen molar-refractivity contribution >= 4 is 0 Å². The summed E-state index contributed by atoms with van der Waals surface area (Å²) < 4.78 is 0. The highest BCUT2D eigenvalue weighted by molar-refractivity contribution is 5.17.